The van der Waals surface area contributed by atoms with Crippen molar-refractivity contribution in [3.05, 3.63) is 65.2 Å². The smallest absolute Gasteiger partial charge is 0.295 e. The summed E-state index contributed by atoms with van der Waals surface area (Å²) in [4.78, 5) is 41.3. The maximum absolute atomic E-state index is 13.3. The molecular weight excluding hydrogens is 502 g/mol. The van der Waals surface area contributed by atoms with E-state index in [1.807, 2.05) is 0 Å². The van der Waals surface area contributed by atoms with Crippen molar-refractivity contribution >= 4 is 23.4 Å². The van der Waals surface area contributed by atoms with E-state index in [1.165, 1.54) is 4.90 Å². The number of aliphatic hydroxyl groups is 1. The number of carbonyl (C=O) groups excluding carboxylic acids is 3. The normalized spacial score (nSPS) is 19.5. The topological polar surface area (TPSA) is 132 Å². The van der Waals surface area contributed by atoms with Gasteiger partial charge in [0.2, 0.25) is 0 Å². The number of nitrogens with two attached hydrogens (primary N) is 1. The third-order valence-corrected chi connectivity index (χ3v) is 6.59. The first kappa shape index (κ1) is 28.1. The number of hydrogen-bond donors (Lipinski definition) is 2. The number of ketones is 1. The Hall–Kier alpha value is -3.89. The standard InChI is InChI=1S/C29H35N3O7/c1-19(2)17-38-22-9-5-21(6-10-22)27(34)25-26(20-3-7-23(8-4-20)39-18-24(30)33)32(29(36)28(25)35)12-11-31-13-15-37-16-14-31/h3-10,19,26,34H,11-18H2,1-2H3,(H2,30,33). The first-order chi connectivity index (χ1) is 18.7. The van der Waals surface area contributed by atoms with Crippen molar-refractivity contribution in [1.82, 2.24) is 9.80 Å². The van der Waals surface area contributed by atoms with E-state index in [9.17, 15) is 19.5 Å². The Morgan fingerprint density at radius 3 is 2.23 bits per heavy atom. The van der Waals surface area contributed by atoms with Gasteiger partial charge in [0, 0.05) is 31.7 Å². The molecule has 2 aromatic carbocycles. The van der Waals surface area contributed by atoms with Crippen molar-refractivity contribution in [2.45, 2.75) is 19.9 Å². The molecule has 4 rings (SSSR count). The molecule has 0 spiro atoms. The van der Waals surface area contributed by atoms with E-state index in [0.717, 1.165) is 13.1 Å². The Balaban J connectivity index is 1.65. The number of carbonyl (C=O) groups is 3. The van der Waals surface area contributed by atoms with Crippen LogP contribution in [0.4, 0.5) is 0 Å². The SMILES string of the molecule is CC(C)COc1ccc(C(O)=C2C(=O)C(=O)N(CCN3CCOCC3)C2c2ccc(OCC(N)=O)cc2)cc1. The summed E-state index contributed by atoms with van der Waals surface area (Å²) in [6.45, 7) is 7.97. The van der Waals surface area contributed by atoms with Gasteiger partial charge >= 0.3 is 0 Å². The molecule has 2 heterocycles. The molecule has 2 amide bonds. The van der Waals surface area contributed by atoms with Gasteiger partial charge in [0.05, 0.1) is 31.4 Å². The van der Waals surface area contributed by atoms with Gasteiger partial charge in [0.1, 0.15) is 17.3 Å². The minimum atomic E-state index is -0.798. The van der Waals surface area contributed by atoms with E-state index < -0.39 is 23.6 Å². The molecule has 0 bridgehead atoms. The highest BCUT2D eigenvalue weighted by Gasteiger charge is 2.46. The number of morpholine rings is 1. The second-order valence-corrected chi connectivity index (χ2v) is 10.00. The van der Waals surface area contributed by atoms with Crippen molar-refractivity contribution in [2.75, 3.05) is 52.6 Å². The maximum atomic E-state index is 13.3. The van der Waals surface area contributed by atoms with Gasteiger partial charge in [0.25, 0.3) is 17.6 Å². The Labute approximate surface area is 227 Å². The van der Waals surface area contributed by atoms with Gasteiger partial charge in [-0.15, -0.1) is 0 Å². The van der Waals surface area contributed by atoms with Crippen LogP contribution in [0.25, 0.3) is 5.76 Å². The first-order valence-electron chi connectivity index (χ1n) is 13.1. The molecule has 39 heavy (non-hydrogen) atoms. The number of ether oxygens (including phenoxy) is 3. The van der Waals surface area contributed by atoms with Crippen LogP contribution in [-0.4, -0.2) is 85.1 Å². The molecular formula is C29H35N3O7. The van der Waals surface area contributed by atoms with Crippen molar-refractivity contribution < 1.29 is 33.7 Å². The highest BCUT2D eigenvalue weighted by atomic mass is 16.5. The summed E-state index contributed by atoms with van der Waals surface area (Å²) in [7, 11) is 0. The third kappa shape index (κ3) is 6.96. The molecule has 1 unspecified atom stereocenters. The molecule has 0 saturated carbocycles. The van der Waals surface area contributed by atoms with Crippen LogP contribution in [0.15, 0.2) is 54.1 Å². The summed E-state index contributed by atoms with van der Waals surface area (Å²) in [6, 6.07) is 12.7. The number of likely N-dealkylation sites (tertiary alicyclic amines) is 1. The summed E-state index contributed by atoms with van der Waals surface area (Å²) in [6.07, 6.45) is 0. The molecule has 1 atom stereocenters. The minimum Gasteiger partial charge on any atom is -0.507 e. The fourth-order valence-corrected chi connectivity index (χ4v) is 4.56. The quantitative estimate of drug-likeness (QED) is 0.254. The van der Waals surface area contributed by atoms with Crippen LogP contribution in [0.5, 0.6) is 11.5 Å². The van der Waals surface area contributed by atoms with E-state index in [-0.39, 0.29) is 17.9 Å². The molecule has 0 aromatic heterocycles. The molecule has 3 N–H and O–H groups in total. The Bertz CT molecular complexity index is 1200. The van der Waals surface area contributed by atoms with Crippen LogP contribution >= 0.6 is 0 Å². The molecule has 0 radical (unpaired) electrons. The number of hydrogen-bond acceptors (Lipinski definition) is 8. The van der Waals surface area contributed by atoms with Crippen molar-refractivity contribution in [3.63, 3.8) is 0 Å². The molecule has 2 saturated heterocycles. The summed E-state index contributed by atoms with van der Waals surface area (Å²) in [5, 5.41) is 11.3. The van der Waals surface area contributed by atoms with Crippen molar-refractivity contribution in [1.29, 1.82) is 0 Å². The predicted molar refractivity (Wildman–Crippen MR) is 144 cm³/mol. The van der Waals surface area contributed by atoms with Gasteiger partial charge in [-0.25, -0.2) is 0 Å². The molecule has 2 aromatic rings. The molecule has 10 heteroatoms. The minimum absolute atomic E-state index is 0.0173. The Morgan fingerprint density at radius 1 is 1.00 bits per heavy atom. The molecule has 208 valence electrons. The second-order valence-electron chi connectivity index (χ2n) is 10.00. The summed E-state index contributed by atoms with van der Waals surface area (Å²) in [5.74, 6) is -0.838. The van der Waals surface area contributed by atoms with Gasteiger partial charge in [-0.2, -0.15) is 0 Å². The zero-order chi connectivity index (χ0) is 27.9. The molecule has 2 aliphatic rings. The average molecular weight is 538 g/mol. The van der Waals surface area contributed by atoms with E-state index in [2.05, 4.69) is 18.7 Å². The van der Waals surface area contributed by atoms with Crippen LogP contribution in [0, 0.1) is 5.92 Å². The zero-order valence-electron chi connectivity index (χ0n) is 22.3. The van der Waals surface area contributed by atoms with Crippen LogP contribution in [-0.2, 0) is 19.1 Å². The van der Waals surface area contributed by atoms with Gasteiger partial charge in [-0.3, -0.25) is 19.3 Å². The van der Waals surface area contributed by atoms with Crippen LogP contribution in [0.3, 0.4) is 0 Å². The second kappa shape index (κ2) is 12.8. The van der Waals surface area contributed by atoms with E-state index in [0.29, 0.717) is 61.5 Å². The molecule has 0 aliphatic carbocycles. The summed E-state index contributed by atoms with van der Waals surface area (Å²) < 4.78 is 16.5. The third-order valence-electron chi connectivity index (χ3n) is 6.59. The monoisotopic (exact) mass is 537 g/mol. The predicted octanol–water partition coefficient (Wildman–Crippen LogP) is 2.34. The number of primary amides is 1. The van der Waals surface area contributed by atoms with Gasteiger partial charge in [-0.05, 0) is 47.9 Å². The average Bonchev–Trinajstić information content (AvgIpc) is 3.19. The van der Waals surface area contributed by atoms with E-state index >= 15 is 0 Å². The number of aliphatic hydroxyl groups excluding tert-OH is 1. The number of amides is 2. The zero-order valence-corrected chi connectivity index (χ0v) is 22.3. The number of nitrogens with zero attached hydrogens (tertiary/aromatic N) is 2. The summed E-state index contributed by atoms with van der Waals surface area (Å²) >= 11 is 0. The Kier molecular flexibility index (Phi) is 9.21. The lowest BCUT2D eigenvalue weighted by molar-refractivity contribution is -0.140. The van der Waals surface area contributed by atoms with Gasteiger partial charge < -0.3 is 30.0 Å². The van der Waals surface area contributed by atoms with E-state index in [4.69, 9.17) is 19.9 Å². The van der Waals surface area contributed by atoms with Crippen molar-refractivity contribution in [3.8, 4) is 11.5 Å². The van der Waals surface area contributed by atoms with Gasteiger partial charge in [0.15, 0.2) is 6.61 Å². The molecule has 2 fully saturated rings. The largest absolute Gasteiger partial charge is 0.507 e. The molecule has 10 nitrogen and oxygen atoms in total. The van der Waals surface area contributed by atoms with E-state index in [1.54, 1.807) is 48.5 Å². The Morgan fingerprint density at radius 2 is 1.62 bits per heavy atom. The van der Waals surface area contributed by atoms with Crippen molar-refractivity contribution in [2.24, 2.45) is 11.7 Å². The highest BCUT2D eigenvalue weighted by Crippen LogP contribution is 2.40. The van der Waals surface area contributed by atoms with Crippen LogP contribution in [0.1, 0.15) is 31.0 Å². The molecule has 2 aliphatic heterocycles. The highest BCUT2D eigenvalue weighted by molar-refractivity contribution is 6.46. The number of Topliss-reactive ketones (excluding diaryl/α,β-unsaturated/α-hetero) is 1. The fraction of sp³-hybridized carbons (Fsp3) is 0.414. The fourth-order valence-electron chi connectivity index (χ4n) is 4.56. The van der Waals surface area contributed by atoms with Crippen LogP contribution < -0.4 is 15.2 Å². The maximum Gasteiger partial charge on any atom is 0.295 e. The summed E-state index contributed by atoms with van der Waals surface area (Å²) in [5.41, 5.74) is 6.21. The number of benzene rings is 2. The van der Waals surface area contributed by atoms with Gasteiger partial charge in [-0.1, -0.05) is 26.0 Å². The lowest BCUT2D eigenvalue weighted by Gasteiger charge is -2.31. The van der Waals surface area contributed by atoms with Crippen LogP contribution in [0.2, 0.25) is 0 Å². The lowest BCUT2D eigenvalue weighted by atomic mass is 9.95. The first-order valence-corrected chi connectivity index (χ1v) is 13.1. The number of rotatable bonds is 11. The lowest BCUT2D eigenvalue weighted by Crippen LogP contribution is -2.42.